The van der Waals surface area contributed by atoms with Gasteiger partial charge >= 0.3 is 6.03 Å². The average Bonchev–Trinajstić information content (AvgIpc) is 3.00. The number of imide groups is 2. The molecule has 0 bridgehead atoms. The molecule has 2 N–H and O–H groups in total. The van der Waals surface area contributed by atoms with Crippen molar-refractivity contribution in [3.63, 3.8) is 0 Å². The largest absolute Gasteiger partial charge is 0.338 e. The van der Waals surface area contributed by atoms with Gasteiger partial charge in [0.2, 0.25) is 11.8 Å². The lowest BCUT2D eigenvalue weighted by molar-refractivity contribution is -0.136. The summed E-state index contributed by atoms with van der Waals surface area (Å²) in [4.78, 5) is 64.5. The van der Waals surface area contributed by atoms with Gasteiger partial charge in [-0.25, -0.2) is 4.79 Å². The van der Waals surface area contributed by atoms with Crippen LogP contribution in [0.1, 0.15) is 72.2 Å². The molecule has 3 aliphatic rings. The number of hydrogen-bond acceptors (Lipinski definition) is 5. The summed E-state index contributed by atoms with van der Waals surface area (Å²) in [6.45, 7) is 6.40. The quantitative estimate of drug-likeness (QED) is 0.520. The number of hydrogen-bond donors (Lipinski definition) is 2. The molecule has 1 unspecified atom stereocenters. The maximum atomic E-state index is 12.9. The Kier molecular flexibility index (Phi) is 6.23. The Hall–Kier alpha value is -3.23. The third kappa shape index (κ3) is 4.77. The van der Waals surface area contributed by atoms with Crippen LogP contribution in [0.3, 0.4) is 0 Å². The van der Waals surface area contributed by atoms with E-state index in [1.807, 2.05) is 4.90 Å². The lowest BCUT2D eigenvalue weighted by atomic mass is 9.84. The third-order valence-corrected chi connectivity index (χ3v) is 6.61. The molecule has 33 heavy (non-hydrogen) atoms. The van der Waals surface area contributed by atoms with Crippen molar-refractivity contribution in [2.75, 3.05) is 19.6 Å². The van der Waals surface area contributed by atoms with Crippen molar-refractivity contribution in [1.82, 2.24) is 20.4 Å². The van der Waals surface area contributed by atoms with Crippen molar-refractivity contribution in [1.29, 1.82) is 0 Å². The number of nitrogens with zero attached hydrogens (tertiary/aromatic N) is 2. The van der Waals surface area contributed by atoms with E-state index in [2.05, 4.69) is 24.5 Å². The fourth-order valence-corrected chi connectivity index (χ4v) is 4.87. The minimum Gasteiger partial charge on any atom is -0.338 e. The van der Waals surface area contributed by atoms with Crippen LogP contribution in [0.4, 0.5) is 4.79 Å². The van der Waals surface area contributed by atoms with E-state index in [-0.39, 0.29) is 35.4 Å². The summed E-state index contributed by atoms with van der Waals surface area (Å²) in [5, 5.41) is 5.17. The molecule has 3 aliphatic heterocycles. The highest BCUT2D eigenvalue weighted by Crippen LogP contribution is 2.29. The first-order valence-electron chi connectivity index (χ1n) is 11.5. The van der Waals surface area contributed by atoms with Gasteiger partial charge in [-0.15, -0.1) is 0 Å². The molecule has 1 aromatic rings. The normalized spacial score (nSPS) is 22.3. The summed E-state index contributed by atoms with van der Waals surface area (Å²) >= 11 is 0. The van der Waals surface area contributed by atoms with Crippen LogP contribution in [0.25, 0.3) is 0 Å². The Labute approximate surface area is 192 Å². The number of urea groups is 1. The maximum Gasteiger partial charge on any atom is 0.317 e. The molecule has 6 amide bonds. The van der Waals surface area contributed by atoms with E-state index in [1.54, 1.807) is 18.2 Å². The number of amides is 6. The molecular formula is C24H30N4O5. The predicted octanol–water partition coefficient (Wildman–Crippen LogP) is 1.85. The zero-order valence-corrected chi connectivity index (χ0v) is 19.1. The van der Waals surface area contributed by atoms with Gasteiger partial charge in [-0.1, -0.05) is 19.9 Å². The zero-order chi connectivity index (χ0) is 23.8. The number of rotatable bonds is 5. The van der Waals surface area contributed by atoms with Crippen molar-refractivity contribution >= 4 is 29.7 Å². The summed E-state index contributed by atoms with van der Waals surface area (Å²) in [6, 6.07) is 4.10. The Morgan fingerprint density at radius 1 is 1.15 bits per heavy atom. The predicted molar refractivity (Wildman–Crippen MR) is 119 cm³/mol. The van der Waals surface area contributed by atoms with Crippen LogP contribution < -0.4 is 10.6 Å². The van der Waals surface area contributed by atoms with E-state index in [0.29, 0.717) is 19.4 Å². The fraction of sp³-hybridized carbons (Fsp3) is 0.542. The standard InChI is InChI=1S/C24H30N4O5/c1-24(2)10-4-12-27(14-24)23(33)25-11-3-5-15-6-7-16-17(13-15)22(32)28(21(16)31)18-8-9-19(29)26-20(18)30/h6-7,13,18H,3-5,8-12,14H2,1-2H3,(H,25,33)(H,26,29,30). The van der Waals surface area contributed by atoms with Gasteiger partial charge in [0.15, 0.2) is 0 Å². The summed E-state index contributed by atoms with van der Waals surface area (Å²) in [6.07, 6.45) is 3.70. The van der Waals surface area contributed by atoms with Gasteiger partial charge in [0.1, 0.15) is 6.04 Å². The molecule has 1 aromatic carbocycles. The van der Waals surface area contributed by atoms with E-state index in [9.17, 15) is 24.0 Å². The van der Waals surface area contributed by atoms with E-state index in [4.69, 9.17) is 0 Å². The average molecular weight is 455 g/mol. The molecule has 9 heteroatoms. The minimum atomic E-state index is -0.964. The van der Waals surface area contributed by atoms with Crippen LogP contribution in [0.2, 0.25) is 0 Å². The number of piperidine rings is 2. The molecule has 0 saturated carbocycles. The molecule has 9 nitrogen and oxygen atoms in total. The first-order valence-corrected chi connectivity index (χ1v) is 11.5. The van der Waals surface area contributed by atoms with E-state index < -0.39 is 29.7 Å². The van der Waals surface area contributed by atoms with Crippen LogP contribution in [0.5, 0.6) is 0 Å². The van der Waals surface area contributed by atoms with Crippen LogP contribution in [-0.2, 0) is 16.0 Å². The number of fused-ring (bicyclic) bond motifs is 1. The molecule has 0 radical (unpaired) electrons. The summed E-state index contributed by atoms with van der Waals surface area (Å²) < 4.78 is 0. The highest BCUT2D eigenvalue weighted by molar-refractivity contribution is 6.23. The Morgan fingerprint density at radius 3 is 2.64 bits per heavy atom. The number of carbonyl (C=O) groups is 5. The van der Waals surface area contributed by atoms with E-state index >= 15 is 0 Å². The van der Waals surface area contributed by atoms with Gasteiger partial charge in [0.05, 0.1) is 11.1 Å². The Morgan fingerprint density at radius 2 is 1.91 bits per heavy atom. The maximum absolute atomic E-state index is 12.9. The number of likely N-dealkylation sites (tertiary alicyclic amines) is 1. The lowest BCUT2D eigenvalue weighted by Crippen LogP contribution is -2.54. The Balaban J connectivity index is 1.32. The van der Waals surface area contributed by atoms with Crippen molar-refractivity contribution in [3.05, 3.63) is 34.9 Å². The highest BCUT2D eigenvalue weighted by Gasteiger charge is 2.44. The number of aryl methyl sites for hydroxylation is 1. The second-order valence-corrected chi connectivity index (χ2v) is 9.85. The SMILES string of the molecule is CC1(C)CCCN(C(=O)NCCCc2ccc3c(c2)C(=O)N(C2CCC(=O)NC2=O)C3=O)C1. The van der Waals surface area contributed by atoms with Crippen LogP contribution in [-0.4, -0.2) is 65.1 Å². The highest BCUT2D eigenvalue weighted by atomic mass is 16.2. The molecule has 0 aliphatic carbocycles. The van der Waals surface area contributed by atoms with Crippen LogP contribution >= 0.6 is 0 Å². The topological polar surface area (TPSA) is 116 Å². The first kappa shape index (κ1) is 22.9. The van der Waals surface area contributed by atoms with Crippen LogP contribution in [0.15, 0.2) is 18.2 Å². The first-order chi connectivity index (χ1) is 15.7. The molecule has 3 heterocycles. The number of nitrogens with one attached hydrogen (secondary N) is 2. The van der Waals surface area contributed by atoms with Gasteiger partial charge in [-0.05, 0) is 55.2 Å². The molecule has 0 spiro atoms. The van der Waals surface area contributed by atoms with Gasteiger partial charge in [-0.2, -0.15) is 0 Å². The van der Waals surface area contributed by atoms with Crippen molar-refractivity contribution in [3.8, 4) is 0 Å². The van der Waals surface area contributed by atoms with Crippen molar-refractivity contribution in [2.24, 2.45) is 5.41 Å². The third-order valence-electron chi connectivity index (χ3n) is 6.61. The van der Waals surface area contributed by atoms with Crippen molar-refractivity contribution < 1.29 is 24.0 Å². The van der Waals surface area contributed by atoms with Gasteiger partial charge in [0.25, 0.3) is 11.8 Å². The number of benzene rings is 1. The second kappa shape index (κ2) is 8.96. The molecule has 2 fully saturated rings. The molecular weight excluding hydrogens is 424 g/mol. The van der Waals surface area contributed by atoms with E-state index in [0.717, 1.165) is 36.4 Å². The zero-order valence-electron chi connectivity index (χ0n) is 19.1. The molecule has 176 valence electrons. The number of carbonyl (C=O) groups excluding carboxylic acids is 5. The minimum absolute atomic E-state index is 0.0441. The lowest BCUT2D eigenvalue weighted by Gasteiger charge is -2.37. The molecule has 1 atom stereocenters. The van der Waals surface area contributed by atoms with Crippen molar-refractivity contribution in [2.45, 2.75) is 58.4 Å². The van der Waals surface area contributed by atoms with Gasteiger partial charge in [0, 0.05) is 26.1 Å². The molecule has 2 saturated heterocycles. The Bertz CT molecular complexity index is 1020. The fourth-order valence-electron chi connectivity index (χ4n) is 4.87. The monoisotopic (exact) mass is 454 g/mol. The summed E-state index contributed by atoms with van der Waals surface area (Å²) in [5.41, 5.74) is 1.58. The van der Waals surface area contributed by atoms with Crippen LogP contribution in [0, 0.1) is 5.41 Å². The smallest absolute Gasteiger partial charge is 0.317 e. The van der Waals surface area contributed by atoms with E-state index in [1.165, 1.54) is 0 Å². The van der Waals surface area contributed by atoms with Gasteiger partial charge in [-0.3, -0.25) is 29.4 Å². The molecule has 4 rings (SSSR count). The summed E-state index contributed by atoms with van der Waals surface area (Å²) in [5.74, 6) is -2.03. The summed E-state index contributed by atoms with van der Waals surface area (Å²) in [7, 11) is 0. The second-order valence-electron chi connectivity index (χ2n) is 9.85. The molecule has 0 aromatic heterocycles. The van der Waals surface area contributed by atoms with Gasteiger partial charge < -0.3 is 10.2 Å².